The first kappa shape index (κ1) is 26.6. The van der Waals surface area contributed by atoms with E-state index in [2.05, 4.69) is 11.9 Å². The number of carbonyl (C=O) groups excluding carboxylic acids is 1. The number of aryl methyl sites for hydroxylation is 1. The minimum absolute atomic E-state index is 0.0367. The molecule has 0 spiro atoms. The molecule has 3 unspecified atom stereocenters. The topological polar surface area (TPSA) is 90.4 Å². The highest BCUT2D eigenvalue weighted by molar-refractivity contribution is 7.99. The van der Waals surface area contributed by atoms with Crippen molar-refractivity contribution in [3.8, 4) is 0 Å². The van der Waals surface area contributed by atoms with Gasteiger partial charge in [-0.05, 0) is 31.3 Å². The summed E-state index contributed by atoms with van der Waals surface area (Å²) in [4.78, 5) is 37.6. The Morgan fingerprint density at radius 1 is 1.19 bits per heavy atom. The molecule has 0 radical (unpaired) electrons. The number of rotatable bonds is 15. The van der Waals surface area contributed by atoms with Crippen LogP contribution in [0, 0.1) is 6.92 Å². The summed E-state index contributed by atoms with van der Waals surface area (Å²) in [6, 6.07) is 0. The van der Waals surface area contributed by atoms with Crippen LogP contribution < -0.4 is 11.2 Å². The maximum absolute atomic E-state index is 14.3. The molecular formula is C23H37FN2O5S. The predicted octanol–water partition coefficient (Wildman–Crippen LogP) is 4.28. The van der Waals surface area contributed by atoms with Crippen molar-refractivity contribution in [2.45, 2.75) is 96.6 Å². The largest absolute Gasteiger partial charge is 0.463 e. The summed E-state index contributed by atoms with van der Waals surface area (Å²) in [5.74, 6) is 2.11. The molecule has 1 aromatic heterocycles. The number of carbonyl (C=O) groups is 1. The van der Waals surface area contributed by atoms with E-state index in [1.54, 1.807) is 6.92 Å². The number of alkyl halides is 1. The molecule has 2 rings (SSSR count). The number of aromatic amines is 1. The van der Waals surface area contributed by atoms with Gasteiger partial charge in [0.15, 0.2) is 0 Å². The average Bonchev–Trinajstić information content (AvgIpc) is 3.13. The number of aromatic nitrogens is 2. The SMILES string of the molecule is CCSCCCCCCCCCCC(=O)OCC1OC(n2cc(C)c(=O)[nH]c2=O)CC1F. The Bertz CT molecular complexity index is 812. The second kappa shape index (κ2) is 14.5. The fourth-order valence-corrected chi connectivity index (χ4v) is 4.43. The van der Waals surface area contributed by atoms with Crippen LogP contribution >= 0.6 is 11.8 Å². The van der Waals surface area contributed by atoms with Crippen LogP contribution in [0.3, 0.4) is 0 Å². The van der Waals surface area contributed by atoms with Crippen molar-refractivity contribution in [1.29, 1.82) is 0 Å². The van der Waals surface area contributed by atoms with E-state index in [1.165, 1.54) is 54.4 Å². The van der Waals surface area contributed by atoms with Gasteiger partial charge in [0.2, 0.25) is 0 Å². The van der Waals surface area contributed by atoms with E-state index in [-0.39, 0.29) is 19.0 Å². The Hall–Kier alpha value is -1.61. The summed E-state index contributed by atoms with van der Waals surface area (Å²) in [5, 5.41) is 0. The normalized spacial score (nSPS) is 20.5. The standard InChI is InChI=1S/C23H37FN2O5S/c1-3-32-13-11-9-7-5-4-6-8-10-12-21(27)30-16-19-18(24)14-20(31-19)26-15-17(2)22(28)25-23(26)29/h15,18-20H,3-14,16H2,1-2H3,(H,25,28,29). The van der Waals surface area contributed by atoms with Crippen molar-refractivity contribution in [2.75, 3.05) is 18.1 Å². The highest BCUT2D eigenvalue weighted by atomic mass is 32.2. The van der Waals surface area contributed by atoms with Gasteiger partial charge >= 0.3 is 11.7 Å². The third-order valence-electron chi connectivity index (χ3n) is 5.65. The van der Waals surface area contributed by atoms with Gasteiger partial charge < -0.3 is 9.47 Å². The average molecular weight is 473 g/mol. The molecule has 32 heavy (non-hydrogen) atoms. The van der Waals surface area contributed by atoms with Gasteiger partial charge in [0, 0.05) is 24.6 Å². The van der Waals surface area contributed by atoms with Crippen molar-refractivity contribution in [3.63, 3.8) is 0 Å². The zero-order valence-electron chi connectivity index (χ0n) is 19.3. The molecule has 9 heteroatoms. The molecule has 3 atom stereocenters. The Labute approximate surface area is 193 Å². The molecule has 1 N–H and O–H groups in total. The quantitative estimate of drug-likeness (QED) is 0.303. The lowest BCUT2D eigenvalue weighted by atomic mass is 10.1. The van der Waals surface area contributed by atoms with Crippen LogP contribution in [0.5, 0.6) is 0 Å². The number of hydrogen-bond acceptors (Lipinski definition) is 6. The molecule has 7 nitrogen and oxygen atoms in total. The molecule has 0 aromatic carbocycles. The van der Waals surface area contributed by atoms with Crippen molar-refractivity contribution < 1.29 is 18.7 Å². The zero-order chi connectivity index (χ0) is 23.3. The van der Waals surface area contributed by atoms with E-state index < -0.39 is 29.8 Å². The molecule has 1 aliphatic rings. The van der Waals surface area contributed by atoms with Gasteiger partial charge in [-0.15, -0.1) is 0 Å². The van der Waals surface area contributed by atoms with Gasteiger partial charge in [-0.3, -0.25) is 19.1 Å². The first-order chi connectivity index (χ1) is 15.4. The summed E-state index contributed by atoms with van der Waals surface area (Å²) in [7, 11) is 0. The van der Waals surface area contributed by atoms with Crippen LogP contribution in [0.25, 0.3) is 0 Å². The van der Waals surface area contributed by atoms with E-state index in [9.17, 15) is 18.8 Å². The summed E-state index contributed by atoms with van der Waals surface area (Å²) < 4.78 is 26.3. The van der Waals surface area contributed by atoms with Crippen molar-refractivity contribution in [1.82, 2.24) is 9.55 Å². The third kappa shape index (κ3) is 9.10. The van der Waals surface area contributed by atoms with Crippen LogP contribution in [0.2, 0.25) is 0 Å². The van der Waals surface area contributed by atoms with Crippen LogP contribution in [0.15, 0.2) is 15.8 Å². The number of thioether (sulfide) groups is 1. The zero-order valence-corrected chi connectivity index (χ0v) is 20.1. The van der Waals surface area contributed by atoms with E-state index in [0.717, 1.165) is 19.3 Å². The van der Waals surface area contributed by atoms with Crippen LogP contribution in [-0.4, -0.2) is 45.9 Å². The number of H-pyrrole nitrogens is 1. The van der Waals surface area contributed by atoms with Gasteiger partial charge in [0.05, 0.1) is 0 Å². The van der Waals surface area contributed by atoms with E-state index in [0.29, 0.717) is 12.0 Å². The Morgan fingerprint density at radius 3 is 2.53 bits per heavy atom. The van der Waals surface area contributed by atoms with E-state index >= 15 is 0 Å². The van der Waals surface area contributed by atoms with Crippen molar-refractivity contribution in [3.05, 3.63) is 32.6 Å². The van der Waals surface area contributed by atoms with Crippen molar-refractivity contribution >= 4 is 17.7 Å². The summed E-state index contributed by atoms with van der Waals surface area (Å²) in [6.45, 7) is 3.57. The Morgan fingerprint density at radius 2 is 1.84 bits per heavy atom. The molecule has 1 fully saturated rings. The first-order valence-corrected chi connectivity index (χ1v) is 12.9. The molecule has 1 aliphatic heterocycles. The van der Waals surface area contributed by atoms with Gasteiger partial charge in [-0.2, -0.15) is 11.8 Å². The number of halogens is 1. The monoisotopic (exact) mass is 472 g/mol. The van der Waals surface area contributed by atoms with E-state index in [1.807, 2.05) is 11.8 Å². The van der Waals surface area contributed by atoms with Gasteiger partial charge in [0.1, 0.15) is 25.1 Å². The smallest absolute Gasteiger partial charge is 0.330 e. The molecule has 182 valence electrons. The Kier molecular flexibility index (Phi) is 12.1. The number of nitrogens with zero attached hydrogens (tertiary/aromatic N) is 1. The summed E-state index contributed by atoms with van der Waals surface area (Å²) >= 11 is 2.00. The number of hydrogen-bond donors (Lipinski definition) is 1. The van der Waals surface area contributed by atoms with Gasteiger partial charge in [-0.25, -0.2) is 9.18 Å². The number of esters is 1. The molecule has 2 heterocycles. The van der Waals surface area contributed by atoms with Crippen LogP contribution in [0.1, 0.15) is 82.9 Å². The molecule has 0 aliphatic carbocycles. The molecule has 1 saturated heterocycles. The maximum Gasteiger partial charge on any atom is 0.330 e. The molecule has 0 saturated carbocycles. The fourth-order valence-electron chi connectivity index (χ4n) is 3.74. The number of unbranched alkanes of at least 4 members (excludes halogenated alkanes) is 7. The summed E-state index contributed by atoms with van der Waals surface area (Å²) in [5.41, 5.74) is -0.788. The highest BCUT2D eigenvalue weighted by Crippen LogP contribution is 2.30. The van der Waals surface area contributed by atoms with Gasteiger partial charge in [0.25, 0.3) is 5.56 Å². The molecular weight excluding hydrogens is 435 g/mol. The minimum atomic E-state index is -1.35. The predicted molar refractivity (Wildman–Crippen MR) is 125 cm³/mol. The third-order valence-corrected chi connectivity index (χ3v) is 6.64. The lowest BCUT2D eigenvalue weighted by molar-refractivity contribution is -0.149. The first-order valence-electron chi connectivity index (χ1n) is 11.8. The number of ether oxygens (including phenoxy) is 2. The number of nitrogens with one attached hydrogen (secondary N) is 1. The van der Waals surface area contributed by atoms with Gasteiger partial charge in [-0.1, -0.05) is 45.4 Å². The van der Waals surface area contributed by atoms with E-state index in [4.69, 9.17) is 9.47 Å². The second-order valence-corrected chi connectivity index (χ2v) is 9.71. The molecule has 0 amide bonds. The molecule has 1 aromatic rings. The maximum atomic E-state index is 14.3. The highest BCUT2D eigenvalue weighted by Gasteiger charge is 2.37. The van der Waals surface area contributed by atoms with Crippen LogP contribution in [-0.2, 0) is 14.3 Å². The minimum Gasteiger partial charge on any atom is -0.463 e. The fraction of sp³-hybridized carbons (Fsp3) is 0.783. The molecule has 0 bridgehead atoms. The summed E-state index contributed by atoms with van der Waals surface area (Å²) in [6.07, 6.45) is 7.74. The second-order valence-electron chi connectivity index (χ2n) is 8.32. The lowest BCUT2D eigenvalue weighted by Gasteiger charge is -2.16. The van der Waals surface area contributed by atoms with Crippen LogP contribution in [0.4, 0.5) is 4.39 Å². The Balaban J connectivity index is 1.57. The lowest BCUT2D eigenvalue weighted by Crippen LogP contribution is -2.33. The van der Waals surface area contributed by atoms with Crippen molar-refractivity contribution in [2.24, 2.45) is 0 Å².